The van der Waals surface area contributed by atoms with Crippen molar-refractivity contribution in [1.82, 2.24) is 4.57 Å². The lowest BCUT2D eigenvalue weighted by Crippen LogP contribution is -2.15. The molecule has 1 aromatic carbocycles. The zero-order valence-electron chi connectivity index (χ0n) is 14.2. The number of thiazole rings is 1. The Hall–Kier alpha value is -2.38. The zero-order chi connectivity index (χ0) is 17.8. The molecule has 1 amide bonds. The first-order valence-corrected chi connectivity index (χ1v) is 9.41. The summed E-state index contributed by atoms with van der Waals surface area (Å²) in [5.41, 5.74) is 0.971. The number of fused-ring (bicyclic) bond motifs is 1. The number of benzene rings is 1. The highest BCUT2D eigenvalue weighted by Crippen LogP contribution is 2.33. The summed E-state index contributed by atoms with van der Waals surface area (Å²) in [7, 11) is 3.21. The SMILES string of the molecule is CCn1c(=NC(=O)C=Cc2cccs2)sc2cc(OC)c(OC)cc21. The van der Waals surface area contributed by atoms with Crippen LogP contribution in [0.1, 0.15) is 11.8 Å². The Bertz CT molecular complexity index is 982. The summed E-state index contributed by atoms with van der Waals surface area (Å²) in [6.07, 6.45) is 3.28. The van der Waals surface area contributed by atoms with Crippen LogP contribution in [0.15, 0.2) is 40.7 Å². The van der Waals surface area contributed by atoms with Crippen LogP contribution in [0, 0.1) is 0 Å². The highest BCUT2D eigenvalue weighted by atomic mass is 32.1. The van der Waals surface area contributed by atoms with Gasteiger partial charge in [0.05, 0.1) is 24.4 Å². The molecule has 2 aromatic heterocycles. The van der Waals surface area contributed by atoms with Crippen molar-refractivity contribution in [1.29, 1.82) is 0 Å². The van der Waals surface area contributed by atoms with Gasteiger partial charge in [0.15, 0.2) is 16.3 Å². The van der Waals surface area contributed by atoms with Crippen LogP contribution >= 0.6 is 22.7 Å². The minimum absolute atomic E-state index is 0.277. The number of aryl methyl sites for hydroxylation is 1. The summed E-state index contributed by atoms with van der Waals surface area (Å²) in [6.45, 7) is 2.73. The van der Waals surface area contributed by atoms with E-state index in [-0.39, 0.29) is 5.91 Å². The molecule has 3 aromatic rings. The number of ether oxygens (including phenoxy) is 2. The third-order valence-corrected chi connectivity index (χ3v) is 5.52. The number of carbonyl (C=O) groups excluding carboxylic acids is 1. The fourth-order valence-corrected chi connectivity index (χ4v) is 4.19. The number of hydrogen-bond acceptors (Lipinski definition) is 5. The summed E-state index contributed by atoms with van der Waals surface area (Å²) in [4.78, 5) is 18.1. The monoisotopic (exact) mass is 374 g/mol. The van der Waals surface area contributed by atoms with Crippen molar-refractivity contribution in [3.8, 4) is 11.5 Å². The van der Waals surface area contributed by atoms with E-state index in [0.29, 0.717) is 22.8 Å². The van der Waals surface area contributed by atoms with Gasteiger partial charge in [0, 0.05) is 29.6 Å². The van der Waals surface area contributed by atoms with Crippen molar-refractivity contribution in [2.45, 2.75) is 13.5 Å². The van der Waals surface area contributed by atoms with Gasteiger partial charge in [-0.2, -0.15) is 4.99 Å². The molecule has 0 unspecified atom stereocenters. The predicted molar refractivity (Wildman–Crippen MR) is 103 cm³/mol. The van der Waals surface area contributed by atoms with E-state index in [1.807, 2.05) is 41.1 Å². The number of carbonyl (C=O) groups is 1. The number of nitrogens with zero attached hydrogens (tertiary/aromatic N) is 2. The molecule has 0 spiro atoms. The molecule has 0 aliphatic heterocycles. The molecule has 2 heterocycles. The molecule has 0 aliphatic rings. The van der Waals surface area contributed by atoms with Crippen LogP contribution in [0.3, 0.4) is 0 Å². The van der Waals surface area contributed by atoms with Gasteiger partial charge in [-0.25, -0.2) is 0 Å². The Morgan fingerprint density at radius 3 is 2.68 bits per heavy atom. The lowest BCUT2D eigenvalue weighted by Gasteiger charge is -2.08. The molecule has 0 bridgehead atoms. The molecule has 0 aliphatic carbocycles. The van der Waals surface area contributed by atoms with Gasteiger partial charge >= 0.3 is 0 Å². The molecule has 0 saturated carbocycles. The van der Waals surface area contributed by atoms with Gasteiger partial charge in [-0.3, -0.25) is 4.79 Å². The van der Waals surface area contributed by atoms with E-state index in [1.54, 1.807) is 31.6 Å². The molecule has 0 N–H and O–H groups in total. The summed E-state index contributed by atoms with van der Waals surface area (Å²) in [5, 5.41) is 1.97. The van der Waals surface area contributed by atoms with Crippen molar-refractivity contribution in [2.24, 2.45) is 4.99 Å². The van der Waals surface area contributed by atoms with Crippen molar-refractivity contribution in [2.75, 3.05) is 14.2 Å². The first kappa shape index (κ1) is 17.4. The molecular weight excluding hydrogens is 356 g/mol. The molecular formula is C18H18N2O3S2. The third kappa shape index (κ3) is 3.67. The zero-order valence-corrected chi connectivity index (χ0v) is 15.8. The Morgan fingerprint density at radius 2 is 2.04 bits per heavy atom. The Kier molecular flexibility index (Phi) is 5.35. The molecule has 130 valence electrons. The maximum Gasteiger partial charge on any atom is 0.272 e. The Labute approximate surface area is 153 Å². The molecule has 3 rings (SSSR count). The highest BCUT2D eigenvalue weighted by Gasteiger charge is 2.12. The van der Waals surface area contributed by atoms with E-state index in [4.69, 9.17) is 9.47 Å². The second kappa shape index (κ2) is 7.67. The van der Waals surface area contributed by atoms with Crippen LogP contribution in [0.25, 0.3) is 16.3 Å². The molecule has 5 nitrogen and oxygen atoms in total. The van der Waals surface area contributed by atoms with Crippen LogP contribution in [0.2, 0.25) is 0 Å². The number of rotatable bonds is 5. The maximum absolute atomic E-state index is 12.2. The fourth-order valence-electron chi connectivity index (χ4n) is 2.46. The van der Waals surface area contributed by atoms with E-state index >= 15 is 0 Å². The van der Waals surface area contributed by atoms with Gasteiger partial charge in [-0.15, -0.1) is 11.3 Å². The van der Waals surface area contributed by atoms with Gasteiger partial charge < -0.3 is 14.0 Å². The lowest BCUT2D eigenvalue weighted by molar-refractivity contribution is -0.113. The van der Waals surface area contributed by atoms with Crippen LogP contribution < -0.4 is 14.3 Å². The van der Waals surface area contributed by atoms with Gasteiger partial charge in [-0.1, -0.05) is 17.4 Å². The second-order valence-corrected chi connectivity index (χ2v) is 7.09. The number of methoxy groups -OCH3 is 2. The minimum atomic E-state index is -0.277. The molecule has 0 atom stereocenters. The standard InChI is InChI=1S/C18H18N2O3S2/c1-4-20-13-10-14(22-2)15(23-3)11-16(13)25-18(20)19-17(21)8-7-12-6-5-9-24-12/h5-11H,4H2,1-3H3. The fraction of sp³-hybridized carbons (Fsp3) is 0.222. The first-order valence-electron chi connectivity index (χ1n) is 7.72. The van der Waals surface area contributed by atoms with Crippen LogP contribution in [0.5, 0.6) is 11.5 Å². The van der Waals surface area contributed by atoms with E-state index in [1.165, 1.54) is 17.4 Å². The summed E-state index contributed by atoms with van der Waals surface area (Å²) in [6, 6.07) is 7.73. The van der Waals surface area contributed by atoms with E-state index in [2.05, 4.69) is 4.99 Å². The number of aromatic nitrogens is 1. The van der Waals surface area contributed by atoms with Gasteiger partial charge in [0.2, 0.25) is 0 Å². The van der Waals surface area contributed by atoms with Crippen LogP contribution in [-0.4, -0.2) is 24.7 Å². The second-order valence-electron chi connectivity index (χ2n) is 5.10. The first-order chi connectivity index (χ1) is 12.2. The number of thiophene rings is 1. The largest absolute Gasteiger partial charge is 0.493 e. The Morgan fingerprint density at radius 1 is 1.28 bits per heavy atom. The Balaban J connectivity index is 2.04. The normalized spacial score (nSPS) is 12.2. The lowest BCUT2D eigenvalue weighted by atomic mass is 10.3. The van der Waals surface area contributed by atoms with Crippen molar-refractivity contribution in [3.63, 3.8) is 0 Å². The molecule has 0 fully saturated rings. The topological polar surface area (TPSA) is 52.8 Å². The average Bonchev–Trinajstić information content (AvgIpc) is 3.25. The minimum Gasteiger partial charge on any atom is -0.493 e. The molecule has 25 heavy (non-hydrogen) atoms. The summed E-state index contributed by atoms with van der Waals surface area (Å²) in [5.74, 6) is 1.04. The number of hydrogen-bond donors (Lipinski definition) is 0. The van der Waals surface area contributed by atoms with Crippen LogP contribution in [0.4, 0.5) is 0 Å². The molecule has 0 saturated heterocycles. The summed E-state index contributed by atoms with van der Waals surface area (Å²) >= 11 is 3.04. The molecule has 7 heteroatoms. The predicted octanol–water partition coefficient (Wildman–Crippen LogP) is 3.94. The van der Waals surface area contributed by atoms with E-state index in [9.17, 15) is 4.79 Å². The van der Waals surface area contributed by atoms with Gasteiger partial charge in [-0.05, 0) is 24.4 Å². The van der Waals surface area contributed by atoms with Gasteiger partial charge in [0.1, 0.15) is 0 Å². The van der Waals surface area contributed by atoms with Crippen LogP contribution in [-0.2, 0) is 11.3 Å². The number of amides is 1. The highest BCUT2D eigenvalue weighted by molar-refractivity contribution is 7.16. The van der Waals surface area contributed by atoms with Crippen molar-refractivity contribution < 1.29 is 14.3 Å². The van der Waals surface area contributed by atoms with E-state index < -0.39 is 0 Å². The van der Waals surface area contributed by atoms with E-state index in [0.717, 1.165) is 15.1 Å². The third-order valence-electron chi connectivity index (χ3n) is 3.64. The smallest absolute Gasteiger partial charge is 0.272 e. The summed E-state index contributed by atoms with van der Waals surface area (Å²) < 4.78 is 13.7. The quantitative estimate of drug-likeness (QED) is 0.636. The van der Waals surface area contributed by atoms with Crippen molar-refractivity contribution >= 4 is 44.9 Å². The maximum atomic E-state index is 12.2. The van der Waals surface area contributed by atoms with Crippen molar-refractivity contribution in [3.05, 3.63) is 45.4 Å². The van der Waals surface area contributed by atoms with Gasteiger partial charge in [0.25, 0.3) is 5.91 Å². The average molecular weight is 374 g/mol. The molecule has 0 radical (unpaired) electrons.